The Morgan fingerprint density at radius 3 is 1.15 bits per heavy atom. The van der Waals surface area contributed by atoms with Gasteiger partial charge in [0, 0.05) is 64.4 Å². The largest absolute Gasteiger partial charge is 0.456 e. The summed E-state index contributed by atoms with van der Waals surface area (Å²) in [6.07, 6.45) is 6.69. The van der Waals surface area contributed by atoms with Crippen LogP contribution in [0.3, 0.4) is 0 Å². The van der Waals surface area contributed by atoms with Gasteiger partial charge in [0.05, 0.1) is 22.1 Å². The summed E-state index contributed by atoms with van der Waals surface area (Å²) in [4.78, 5) is 2.20. The summed E-state index contributed by atoms with van der Waals surface area (Å²) in [6.45, 7) is 0. The van der Waals surface area contributed by atoms with E-state index < -0.39 is 20.3 Å². The van der Waals surface area contributed by atoms with Crippen molar-refractivity contribution in [2.24, 2.45) is 0 Å². The topological polar surface area (TPSA) is 56.4 Å². The van der Waals surface area contributed by atoms with Crippen LogP contribution in [0.4, 0.5) is 0 Å². The number of fused-ring (bicyclic) bond motifs is 12. The number of nitrogens with zero attached hydrogens (tertiary/aromatic N) is 2. The maximum absolute atomic E-state index is 12.5. The van der Waals surface area contributed by atoms with Gasteiger partial charge in [-0.3, -0.25) is 0 Å². The second kappa shape index (κ2) is 12.6. The molecule has 288 valence electrons. The van der Waals surface area contributed by atoms with Gasteiger partial charge in [-0.15, -0.1) is 10.3 Å². The molecule has 0 spiro atoms. The third-order valence-corrected chi connectivity index (χ3v) is 19.2. The van der Waals surface area contributed by atoms with Gasteiger partial charge in [-0.25, -0.2) is 10.0 Å². The van der Waals surface area contributed by atoms with E-state index in [4.69, 9.17) is 8.83 Å². The minimum atomic E-state index is -2.21. The zero-order valence-electron chi connectivity index (χ0n) is 32.8. The third kappa shape index (κ3) is 5.25. The molecule has 0 saturated carbocycles. The van der Waals surface area contributed by atoms with Crippen molar-refractivity contribution in [3.8, 4) is 11.4 Å². The average molecular weight is 805 g/mol. The Balaban J connectivity index is 0.916. The van der Waals surface area contributed by atoms with Crippen LogP contribution in [-0.4, -0.2) is 37.5 Å². The second-order valence-electron chi connectivity index (χ2n) is 16.3. The van der Waals surface area contributed by atoms with E-state index in [0.717, 1.165) is 60.1 Å². The number of rotatable bonds is 6. The first-order valence-electron chi connectivity index (χ1n) is 19.8. The van der Waals surface area contributed by atoms with Crippen LogP contribution in [0.5, 0.6) is 0 Å². The predicted octanol–water partition coefficient (Wildman–Crippen LogP) is 15.0. The van der Waals surface area contributed by atoms with Crippen LogP contribution in [0, 0.1) is 0 Å². The highest BCUT2D eigenvalue weighted by Crippen LogP contribution is 2.64. The molecule has 12 rings (SSSR count). The Morgan fingerprint density at radius 2 is 0.729 bits per heavy atom. The van der Waals surface area contributed by atoms with Gasteiger partial charge in [0.15, 0.2) is 0 Å². The number of benzene rings is 8. The Hall–Kier alpha value is -6.38. The van der Waals surface area contributed by atoms with Gasteiger partial charge in [0.2, 0.25) is 0 Å². The molecule has 4 heterocycles. The maximum Gasteiger partial charge on any atom is 0.135 e. The lowest BCUT2D eigenvalue weighted by atomic mass is 10.1. The number of para-hydroxylation sites is 4. The molecule has 0 fully saturated rings. The van der Waals surface area contributed by atoms with E-state index in [9.17, 15) is 4.55 Å². The summed E-state index contributed by atoms with van der Waals surface area (Å²) >= 11 is 0. The van der Waals surface area contributed by atoms with Crippen molar-refractivity contribution in [2.75, 3.05) is 23.9 Å². The fourth-order valence-electron chi connectivity index (χ4n) is 9.50. The summed E-state index contributed by atoms with van der Waals surface area (Å²) in [6, 6.07) is 60.3. The Labute approximate surface area is 343 Å². The van der Waals surface area contributed by atoms with E-state index in [1.54, 1.807) is 0 Å². The van der Waals surface area contributed by atoms with E-state index in [1.165, 1.54) is 48.5 Å². The highest BCUT2D eigenvalue weighted by Gasteiger charge is 2.28. The molecule has 1 atom stereocenters. The Bertz CT molecular complexity index is 3330. The van der Waals surface area contributed by atoms with Crippen molar-refractivity contribution >= 4 is 108 Å². The zero-order valence-corrected chi connectivity index (χ0v) is 34.5. The summed E-state index contributed by atoms with van der Waals surface area (Å²) < 4.78 is 30.0. The van der Waals surface area contributed by atoms with Crippen molar-refractivity contribution in [3.05, 3.63) is 170 Å². The molecule has 0 radical (unpaired) electrons. The first-order chi connectivity index (χ1) is 28.7. The van der Waals surface area contributed by atoms with Crippen LogP contribution in [-0.2, 0) is 0 Å². The lowest BCUT2D eigenvalue weighted by molar-refractivity contribution is 0.635. The Morgan fingerprint density at radius 1 is 0.390 bits per heavy atom. The van der Waals surface area contributed by atoms with Crippen LogP contribution in [0.2, 0.25) is 0 Å². The van der Waals surface area contributed by atoms with E-state index in [1.807, 2.05) is 12.3 Å². The van der Waals surface area contributed by atoms with Gasteiger partial charge in [0.1, 0.15) is 22.3 Å². The molecular weight excluding hydrogens is 765 g/mol. The van der Waals surface area contributed by atoms with Crippen LogP contribution >= 0.6 is 20.3 Å². The van der Waals surface area contributed by atoms with Crippen molar-refractivity contribution in [3.63, 3.8) is 0 Å². The highest BCUT2D eigenvalue weighted by atomic mass is 32.3. The summed E-state index contributed by atoms with van der Waals surface area (Å²) in [7, 11) is -3.67. The van der Waals surface area contributed by atoms with Crippen molar-refractivity contribution in [2.45, 2.75) is 9.79 Å². The van der Waals surface area contributed by atoms with Gasteiger partial charge in [-0.1, -0.05) is 72.8 Å². The molecule has 59 heavy (non-hydrogen) atoms. The van der Waals surface area contributed by atoms with Crippen LogP contribution in [0.25, 0.3) is 98.9 Å². The fourth-order valence-corrected chi connectivity index (χ4v) is 16.8. The molecule has 0 aliphatic heterocycles. The quantitative estimate of drug-likeness (QED) is 0.182. The Kier molecular flexibility index (Phi) is 7.37. The van der Waals surface area contributed by atoms with Gasteiger partial charge in [-0.2, -0.15) is 0 Å². The summed E-state index contributed by atoms with van der Waals surface area (Å²) in [5.74, 6) is 0. The molecule has 4 aromatic heterocycles. The van der Waals surface area contributed by atoms with E-state index >= 15 is 0 Å². The normalized spacial score (nSPS) is 14.4. The highest BCUT2D eigenvalue weighted by molar-refractivity contribution is 8.46. The third-order valence-electron chi connectivity index (χ3n) is 12.2. The SMILES string of the molecule is CS(C)(CS(C)(O)c1ccc2oc3ccc(-n4c5ccccc5c5ccccc54)cc3c2c1)c1ccc2oc3ccc(-n4c5ccccc5c5ccccc54)cc3c2c1. The number of hydrogen-bond donors (Lipinski definition) is 1. The molecule has 1 unspecified atom stereocenters. The van der Waals surface area contributed by atoms with Gasteiger partial charge < -0.3 is 22.5 Å². The first kappa shape index (κ1) is 34.6. The summed E-state index contributed by atoms with van der Waals surface area (Å²) in [5, 5.41) is 9.87. The molecule has 0 saturated heterocycles. The lowest BCUT2D eigenvalue weighted by Crippen LogP contribution is -2.10. The molecule has 1 N–H and O–H groups in total. The van der Waals surface area contributed by atoms with Crippen molar-refractivity contribution in [1.82, 2.24) is 9.13 Å². The number of aromatic nitrogens is 2. The fraction of sp³-hybridized carbons (Fsp3) is 0.0769. The zero-order chi connectivity index (χ0) is 39.6. The minimum Gasteiger partial charge on any atom is -0.456 e. The molecule has 0 amide bonds. The first-order valence-corrected chi connectivity index (χ1v) is 24.6. The monoisotopic (exact) mass is 804 g/mol. The molecule has 0 bridgehead atoms. The average Bonchev–Trinajstić information content (AvgIpc) is 4.00. The number of furan rings is 2. The van der Waals surface area contributed by atoms with Crippen LogP contribution < -0.4 is 0 Å². The molecule has 5 nitrogen and oxygen atoms in total. The molecule has 8 aromatic carbocycles. The van der Waals surface area contributed by atoms with Gasteiger partial charge in [-0.05, 0) is 121 Å². The molecule has 12 aromatic rings. The minimum absolute atomic E-state index is 0.668. The molecular formula is C52H40N2O3S2. The van der Waals surface area contributed by atoms with E-state index in [2.05, 4.69) is 185 Å². The van der Waals surface area contributed by atoms with E-state index in [-0.39, 0.29) is 0 Å². The summed E-state index contributed by atoms with van der Waals surface area (Å²) in [5.41, 5.74) is 10.3. The van der Waals surface area contributed by atoms with E-state index in [0.29, 0.717) is 5.08 Å². The van der Waals surface area contributed by atoms with Crippen molar-refractivity contribution < 1.29 is 13.4 Å². The smallest absolute Gasteiger partial charge is 0.135 e. The van der Waals surface area contributed by atoms with Crippen LogP contribution in [0.1, 0.15) is 0 Å². The van der Waals surface area contributed by atoms with Crippen molar-refractivity contribution in [1.29, 1.82) is 0 Å². The lowest BCUT2D eigenvalue weighted by Gasteiger charge is -2.42. The second-order valence-corrected chi connectivity index (χ2v) is 23.4. The molecule has 0 aliphatic rings. The predicted molar refractivity (Wildman–Crippen MR) is 253 cm³/mol. The van der Waals surface area contributed by atoms with Crippen LogP contribution in [0.15, 0.2) is 188 Å². The van der Waals surface area contributed by atoms with Gasteiger partial charge >= 0.3 is 0 Å². The maximum atomic E-state index is 12.5. The standard InChI is InChI=1S/C52H40N2O3S2/c1-58(2,35-22-26-51-43(30-35)41-28-33(20-24-49(41)56-51)53-45-16-8-4-12-37(45)38-13-5-9-17-46(38)53)32-59(3,55)36-23-27-52-44(31-36)42-29-34(21-25-50(42)57-52)54-47-18-10-6-14-39(47)40-15-7-11-19-48(40)54/h4-31,55H,32H2,1-3H3. The van der Waals surface area contributed by atoms with Gasteiger partial charge in [0.25, 0.3) is 0 Å². The molecule has 0 aliphatic carbocycles. The number of hydrogen-bond acceptors (Lipinski definition) is 3. The molecule has 7 heteroatoms.